The molecule has 20 atom stereocenters. The van der Waals surface area contributed by atoms with Crippen LogP contribution in [-0.2, 0) is 57.1 Å². The second kappa shape index (κ2) is 29.1. The number of allylic oxidation sites excluding steroid dienone is 4. The summed E-state index contributed by atoms with van der Waals surface area (Å²) in [5, 5.41) is 111. The highest BCUT2D eigenvalue weighted by Crippen LogP contribution is 2.37. The first-order valence-corrected chi connectivity index (χ1v) is 23.6. The van der Waals surface area contributed by atoms with E-state index in [-0.39, 0.29) is 25.9 Å². The van der Waals surface area contributed by atoms with Crippen molar-refractivity contribution in [3.05, 3.63) is 24.3 Å². The van der Waals surface area contributed by atoms with Crippen molar-refractivity contribution in [3.8, 4) is 0 Å². The van der Waals surface area contributed by atoms with Crippen LogP contribution in [0.2, 0.25) is 0 Å². The van der Waals surface area contributed by atoms with Crippen LogP contribution in [0.4, 0.5) is 0 Å². The van der Waals surface area contributed by atoms with E-state index in [2.05, 4.69) is 27.0 Å². The average molecular weight is 1020 g/mol. The molecule has 3 heterocycles. The van der Waals surface area contributed by atoms with Gasteiger partial charge in [0.15, 0.2) is 18.9 Å². The van der Waals surface area contributed by atoms with Gasteiger partial charge in [-0.2, -0.15) is 0 Å². The van der Waals surface area contributed by atoms with Crippen molar-refractivity contribution in [2.24, 2.45) is 5.92 Å². The molecule has 3 aliphatic heterocycles. The fourth-order valence-corrected chi connectivity index (χ4v) is 8.32. The minimum absolute atomic E-state index is 0.00218. The maximum absolute atomic E-state index is 12.7. The van der Waals surface area contributed by atoms with Gasteiger partial charge in [-0.3, -0.25) is 45.7 Å². The molecular weight excluding hydrogens is 950 g/mol. The highest BCUT2D eigenvalue weighted by molar-refractivity contribution is 5.98. The largest absolute Gasteiger partial charge is 0.396 e. The monoisotopic (exact) mass is 1020 g/mol. The van der Waals surface area contributed by atoms with Crippen molar-refractivity contribution in [1.82, 2.24) is 27.0 Å². The van der Waals surface area contributed by atoms with Crippen molar-refractivity contribution in [2.75, 3.05) is 19.8 Å². The number of carbonyl (C=O) groups is 5. The van der Waals surface area contributed by atoms with E-state index in [1.807, 2.05) is 13.0 Å². The van der Waals surface area contributed by atoms with E-state index in [9.17, 15) is 75.0 Å². The molecule has 0 aromatic carbocycles. The van der Waals surface area contributed by atoms with Crippen LogP contribution in [0.25, 0.3) is 0 Å². The molecule has 406 valence electrons. The summed E-state index contributed by atoms with van der Waals surface area (Å²) in [5.74, 6) is -4.35. The van der Waals surface area contributed by atoms with E-state index in [0.717, 1.165) is 6.92 Å². The molecule has 3 saturated heterocycles. The fraction of sp³-hybridized carbons (Fsp3) is 0.795. The number of hydrogen-bond acceptors (Lipinski definition) is 22. The van der Waals surface area contributed by atoms with Crippen molar-refractivity contribution >= 4 is 29.5 Å². The van der Waals surface area contributed by atoms with Gasteiger partial charge in [-0.1, -0.05) is 30.7 Å². The Labute approximate surface area is 409 Å². The normalized spacial score (nSPS) is 37.6. The van der Waals surface area contributed by atoms with Crippen molar-refractivity contribution in [2.45, 2.75) is 196 Å². The molecule has 5 amide bonds. The van der Waals surface area contributed by atoms with Gasteiger partial charge in [0.25, 0.3) is 0 Å². The molecule has 0 bridgehead atoms. The summed E-state index contributed by atoms with van der Waals surface area (Å²) in [6, 6.07) is -1.37. The zero-order valence-electron chi connectivity index (χ0n) is 40.0. The van der Waals surface area contributed by atoms with Crippen LogP contribution in [0, 0.1) is 5.92 Å². The summed E-state index contributed by atoms with van der Waals surface area (Å²) < 4.78 is 41.2. The van der Waals surface area contributed by atoms with Gasteiger partial charge >= 0.3 is 0 Å². The quantitative estimate of drug-likeness (QED) is 0.0208. The average Bonchev–Trinajstić information content (AvgIpc) is 3.33. The SMILES string of the molecule is C/C=C/C=C/CCC(=O)NNC(=O)CC(=O)NNC(=O)CCCCCO[C@@H]1OC(C)[C@H](O)[C@H](O[C@H]2C[C@@H](CO)[C@@H](O)C(O[C@H]3OC(CO)[C@H](O)[C@H](O)C3O[C@@H]3OC(C)[C@H](O)[C@H](O)C3O)C2NC(C)=O)C1O. The molecular formula is C44H73N5O22. The Hall–Kier alpha value is -3.85. The Kier molecular flexibility index (Phi) is 24.5. The number of hydrogen-bond donors (Lipinski definition) is 15. The number of amides is 5. The Balaban J connectivity index is 1.32. The van der Waals surface area contributed by atoms with Crippen molar-refractivity contribution < 1.29 is 108 Å². The predicted octanol–water partition coefficient (Wildman–Crippen LogP) is -5.70. The molecule has 8 unspecified atom stereocenters. The maximum Gasteiger partial charge on any atom is 0.247 e. The Morgan fingerprint density at radius 1 is 0.592 bits per heavy atom. The summed E-state index contributed by atoms with van der Waals surface area (Å²) >= 11 is 0. The third-order valence-corrected chi connectivity index (χ3v) is 12.4. The molecule has 4 fully saturated rings. The molecule has 1 aliphatic carbocycles. The number of hydrazine groups is 2. The smallest absolute Gasteiger partial charge is 0.247 e. The Bertz CT molecular complexity index is 1770. The van der Waals surface area contributed by atoms with Gasteiger partial charge in [0.2, 0.25) is 29.5 Å². The van der Waals surface area contributed by atoms with Crippen LogP contribution < -0.4 is 27.0 Å². The van der Waals surface area contributed by atoms with E-state index < -0.39 is 172 Å². The van der Waals surface area contributed by atoms with E-state index >= 15 is 0 Å². The van der Waals surface area contributed by atoms with Crippen LogP contribution in [0.3, 0.4) is 0 Å². The third kappa shape index (κ3) is 17.1. The van der Waals surface area contributed by atoms with Crippen molar-refractivity contribution in [3.63, 3.8) is 0 Å². The lowest BCUT2D eigenvalue weighted by atomic mass is 9.79. The Morgan fingerprint density at radius 2 is 1.21 bits per heavy atom. The first-order valence-electron chi connectivity index (χ1n) is 23.6. The summed E-state index contributed by atoms with van der Waals surface area (Å²) in [6.07, 6.45) is -20.4. The number of rotatable bonds is 22. The highest BCUT2D eigenvalue weighted by Gasteiger charge is 2.55. The first-order chi connectivity index (χ1) is 33.7. The first kappa shape index (κ1) is 59.7. The van der Waals surface area contributed by atoms with Crippen LogP contribution in [0.15, 0.2) is 24.3 Å². The Morgan fingerprint density at radius 3 is 1.85 bits per heavy atom. The van der Waals surface area contributed by atoms with Gasteiger partial charge in [-0.25, -0.2) is 0 Å². The van der Waals surface area contributed by atoms with Gasteiger partial charge in [-0.15, -0.1) is 0 Å². The number of aliphatic hydroxyl groups is 10. The van der Waals surface area contributed by atoms with Gasteiger partial charge in [-0.05, 0) is 46.5 Å². The lowest BCUT2D eigenvalue weighted by molar-refractivity contribution is -0.375. The third-order valence-electron chi connectivity index (χ3n) is 12.4. The summed E-state index contributed by atoms with van der Waals surface area (Å²) in [4.78, 5) is 60.9. The molecule has 15 N–H and O–H groups in total. The molecule has 27 heteroatoms. The number of aliphatic hydroxyl groups excluding tert-OH is 10. The molecule has 0 spiro atoms. The minimum atomic E-state index is -1.94. The number of ether oxygens (including phenoxy) is 7. The molecule has 1 saturated carbocycles. The highest BCUT2D eigenvalue weighted by atomic mass is 16.8. The van der Waals surface area contributed by atoms with Gasteiger partial charge in [0.1, 0.15) is 73.6 Å². The number of unbranched alkanes of at least 4 members (excludes halogenated alkanes) is 2. The van der Waals surface area contributed by atoms with E-state index in [0.29, 0.717) is 25.7 Å². The molecule has 4 aliphatic rings. The standard InChI is InChI=1S/C44H73N5O22/c1-5-6-7-8-10-13-26(53)46-48-28(55)17-29(56)49-47-27(54)14-11-9-12-15-65-42-38(64)40(32(58)21(3)66-42)68-24-16-23(18-50)33(59)39(30(24)45-22(4)52)70-44-41(36(62)34(60)25(19-51)69-44)71-43-37(63)35(61)31(57)20(2)67-43/h5-8,20-21,23-25,30-44,50-51,57-64H,9-19H2,1-4H3,(H,45,52)(H,46,53)(H,47,54)(H,48,55)(H,49,56)/b6-5+,8-7+/t20?,21?,23-,24-,25?,30?,31-,32-,33+,34-,35-,36-,37?,38?,39?,40-,41?,42+,43-,44+/m0/s1. The lowest BCUT2D eigenvalue weighted by Gasteiger charge is -2.50. The second-order valence-corrected chi connectivity index (χ2v) is 17.9. The number of carbonyl (C=O) groups excluding carboxylic acids is 5. The van der Waals surface area contributed by atoms with E-state index in [1.54, 1.807) is 18.2 Å². The van der Waals surface area contributed by atoms with Crippen LogP contribution in [-0.4, -0.2) is 217 Å². The number of nitrogens with one attached hydrogen (secondary N) is 5. The zero-order chi connectivity index (χ0) is 52.5. The van der Waals surface area contributed by atoms with Crippen LogP contribution in [0.1, 0.15) is 79.1 Å². The predicted molar refractivity (Wildman–Crippen MR) is 238 cm³/mol. The summed E-state index contributed by atoms with van der Waals surface area (Å²) in [5.41, 5.74) is 8.64. The van der Waals surface area contributed by atoms with Crippen LogP contribution in [0.5, 0.6) is 0 Å². The molecule has 4 rings (SSSR count). The minimum Gasteiger partial charge on any atom is -0.396 e. The second-order valence-electron chi connectivity index (χ2n) is 17.9. The van der Waals surface area contributed by atoms with Gasteiger partial charge in [0.05, 0.1) is 37.1 Å². The van der Waals surface area contributed by atoms with Crippen LogP contribution >= 0.6 is 0 Å². The molecule has 71 heavy (non-hydrogen) atoms. The van der Waals surface area contributed by atoms with Crippen molar-refractivity contribution in [1.29, 1.82) is 0 Å². The molecule has 0 aromatic heterocycles. The molecule has 27 nitrogen and oxygen atoms in total. The molecule has 0 radical (unpaired) electrons. The van der Waals surface area contributed by atoms with E-state index in [1.165, 1.54) is 13.8 Å². The van der Waals surface area contributed by atoms with Gasteiger partial charge < -0.3 is 89.5 Å². The molecule has 0 aromatic rings. The lowest BCUT2D eigenvalue weighted by Crippen LogP contribution is -2.68. The maximum atomic E-state index is 12.7. The zero-order valence-corrected chi connectivity index (χ0v) is 40.0. The fourth-order valence-electron chi connectivity index (χ4n) is 8.32. The topological polar surface area (TPSA) is 412 Å². The summed E-state index contributed by atoms with van der Waals surface area (Å²) in [6.45, 7) is 4.33. The summed E-state index contributed by atoms with van der Waals surface area (Å²) in [7, 11) is 0. The van der Waals surface area contributed by atoms with E-state index in [4.69, 9.17) is 33.2 Å². The van der Waals surface area contributed by atoms with Gasteiger partial charge in [0, 0.05) is 38.9 Å².